The van der Waals surface area contributed by atoms with Crippen LogP contribution in [0.2, 0.25) is 5.02 Å². The first-order valence-electron chi connectivity index (χ1n) is 9.42. The molecule has 0 aliphatic carbocycles. The molecule has 158 valence electrons. The van der Waals surface area contributed by atoms with Crippen LogP contribution in [-0.4, -0.2) is 34.9 Å². The van der Waals surface area contributed by atoms with Crippen LogP contribution in [0.15, 0.2) is 42.5 Å². The van der Waals surface area contributed by atoms with Gasteiger partial charge in [-0.1, -0.05) is 23.7 Å². The van der Waals surface area contributed by atoms with E-state index in [1.54, 1.807) is 38.1 Å². The molecule has 0 amide bonds. The number of hydrogen-bond acceptors (Lipinski definition) is 4. The minimum Gasteiger partial charge on any atom is -0.497 e. The molecule has 4 rings (SSSR count). The minimum atomic E-state index is -3.44. The third-order valence-electron chi connectivity index (χ3n) is 5.18. The number of methoxy groups -OCH3 is 1. The highest BCUT2D eigenvalue weighted by molar-refractivity contribution is 7.89. The summed E-state index contributed by atoms with van der Waals surface area (Å²) in [5, 5.41) is 4.63. The van der Waals surface area contributed by atoms with Gasteiger partial charge in [-0.25, -0.2) is 17.5 Å². The number of rotatable bonds is 5. The summed E-state index contributed by atoms with van der Waals surface area (Å²) in [7, 11) is -1.97. The quantitative estimate of drug-likeness (QED) is 0.579. The molecule has 1 aliphatic heterocycles. The first-order valence-corrected chi connectivity index (χ1v) is 11.3. The van der Waals surface area contributed by atoms with Gasteiger partial charge in [0.1, 0.15) is 11.4 Å². The summed E-state index contributed by atoms with van der Waals surface area (Å²) in [6.45, 7) is 3.64. The van der Waals surface area contributed by atoms with Gasteiger partial charge in [-0.3, -0.25) is 0 Å². The Balaban J connectivity index is 1.87. The molecule has 0 atom stereocenters. The monoisotopic (exact) mass is 449 g/mol. The van der Waals surface area contributed by atoms with Crippen molar-refractivity contribution in [3.05, 3.63) is 64.6 Å². The Morgan fingerprint density at radius 3 is 2.43 bits per heavy atom. The summed E-state index contributed by atoms with van der Waals surface area (Å²) in [6.07, 6.45) is 0. The standard InChI is InChI=1S/C21H21ClFN3O3S/c1-13(2)30(27,28)25-11-17-19(12-25)24-26(20-9-8-16(29-3)10-18(20)23)21(17)14-4-6-15(22)7-5-14/h4-10,13H,11-12H2,1-3H3. The highest BCUT2D eigenvalue weighted by Crippen LogP contribution is 2.37. The van der Waals surface area contributed by atoms with E-state index >= 15 is 0 Å². The number of hydrogen-bond donors (Lipinski definition) is 0. The normalized spacial score (nSPS) is 14.3. The van der Waals surface area contributed by atoms with Gasteiger partial charge in [-0.2, -0.15) is 9.40 Å². The Kier molecular flexibility index (Phi) is 5.34. The lowest BCUT2D eigenvalue weighted by Gasteiger charge is -2.19. The van der Waals surface area contributed by atoms with Gasteiger partial charge in [0.15, 0.2) is 5.82 Å². The van der Waals surface area contributed by atoms with Crippen molar-refractivity contribution in [1.29, 1.82) is 0 Å². The van der Waals surface area contributed by atoms with E-state index in [2.05, 4.69) is 5.10 Å². The third kappa shape index (κ3) is 3.49. The predicted octanol–water partition coefficient (Wildman–Crippen LogP) is 4.39. The van der Waals surface area contributed by atoms with Crippen molar-refractivity contribution < 1.29 is 17.5 Å². The number of nitrogens with zero attached hydrogens (tertiary/aromatic N) is 3. The van der Waals surface area contributed by atoms with Crippen molar-refractivity contribution in [3.8, 4) is 22.7 Å². The van der Waals surface area contributed by atoms with E-state index in [1.165, 1.54) is 22.2 Å². The number of benzene rings is 2. The van der Waals surface area contributed by atoms with E-state index in [0.717, 1.165) is 11.1 Å². The average Bonchev–Trinajstić information content (AvgIpc) is 3.27. The van der Waals surface area contributed by atoms with Crippen molar-refractivity contribution in [2.24, 2.45) is 0 Å². The molecular weight excluding hydrogens is 429 g/mol. The summed E-state index contributed by atoms with van der Waals surface area (Å²) in [4.78, 5) is 0. The van der Waals surface area contributed by atoms with Crippen LogP contribution in [0, 0.1) is 5.82 Å². The van der Waals surface area contributed by atoms with Crippen molar-refractivity contribution >= 4 is 21.6 Å². The lowest BCUT2D eigenvalue weighted by atomic mass is 10.1. The molecule has 0 saturated heterocycles. The molecule has 1 aromatic heterocycles. The van der Waals surface area contributed by atoms with Gasteiger partial charge in [-0.05, 0) is 38.1 Å². The van der Waals surface area contributed by atoms with E-state index in [1.807, 2.05) is 12.1 Å². The van der Waals surface area contributed by atoms with Crippen LogP contribution in [0.25, 0.3) is 16.9 Å². The highest BCUT2D eigenvalue weighted by Gasteiger charge is 2.36. The maximum atomic E-state index is 14.8. The summed E-state index contributed by atoms with van der Waals surface area (Å²) >= 11 is 6.04. The Bertz CT molecular complexity index is 1210. The fourth-order valence-corrected chi connectivity index (χ4v) is 4.86. The first kappa shape index (κ1) is 20.8. The van der Waals surface area contributed by atoms with Crippen LogP contribution >= 0.6 is 11.6 Å². The van der Waals surface area contributed by atoms with E-state index in [9.17, 15) is 12.8 Å². The van der Waals surface area contributed by atoms with E-state index in [0.29, 0.717) is 22.2 Å². The number of fused-ring (bicyclic) bond motifs is 1. The van der Waals surface area contributed by atoms with Crippen molar-refractivity contribution in [2.75, 3.05) is 7.11 Å². The van der Waals surface area contributed by atoms with Gasteiger partial charge in [0.05, 0.1) is 30.3 Å². The Labute approximate surface area is 179 Å². The molecule has 0 saturated carbocycles. The molecular formula is C21H21ClFN3O3S. The number of sulfonamides is 1. The van der Waals surface area contributed by atoms with Crippen molar-refractivity contribution in [3.63, 3.8) is 0 Å². The molecule has 0 N–H and O–H groups in total. The topological polar surface area (TPSA) is 64.4 Å². The number of ether oxygens (including phenoxy) is 1. The zero-order valence-electron chi connectivity index (χ0n) is 16.8. The fraction of sp³-hybridized carbons (Fsp3) is 0.286. The largest absolute Gasteiger partial charge is 0.497 e. The molecule has 1 aliphatic rings. The molecule has 0 unspecified atom stereocenters. The zero-order chi connectivity index (χ0) is 21.6. The molecule has 2 aromatic carbocycles. The molecule has 30 heavy (non-hydrogen) atoms. The molecule has 6 nitrogen and oxygen atoms in total. The van der Waals surface area contributed by atoms with E-state index < -0.39 is 21.1 Å². The van der Waals surface area contributed by atoms with Crippen LogP contribution in [-0.2, 0) is 23.1 Å². The van der Waals surface area contributed by atoms with Crippen LogP contribution < -0.4 is 4.74 Å². The second-order valence-corrected chi connectivity index (χ2v) is 10.3. The van der Waals surface area contributed by atoms with E-state index in [4.69, 9.17) is 16.3 Å². The smallest absolute Gasteiger partial charge is 0.217 e. The summed E-state index contributed by atoms with van der Waals surface area (Å²) in [6, 6.07) is 11.7. The number of aromatic nitrogens is 2. The van der Waals surface area contributed by atoms with Crippen molar-refractivity contribution in [2.45, 2.75) is 32.2 Å². The van der Waals surface area contributed by atoms with Crippen LogP contribution in [0.4, 0.5) is 4.39 Å². The second-order valence-electron chi connectivity index (χ2n) is 7.37. The highest BCUT2D eigenvalue weighted by atomic mass is 35.5. The minimum absolute atomic E-state index is 0.154. The maximum Gasteiger partial charge on any atom is 0.217 e. The maximum absolute atomic E-state index is 14.8. The van der Waals surface area contributed by atoms with Gasteiger partial charge in [-0.15, -0.1) is 0 Å². The molecule has 0 bridgehead atoms. The molecule has 2 heterocycles. The second kappa shape index (κ2) is 7.68. The number of halogens is 2. The molecule has 0 spiro atoms. The summed E-state index contributed by atoms with van der Waals surface area (Å²) in [5.74, 6) is -0.0874. The van der Waals surface area contributed by atoms with Crippen LogP contribution in [0.3, 0.4) is 0 Å². The Hall–Kier alpha value is -2.42. The zero-order valence-corrected chi connectivity index (χ0v) is 18.3. The molecule has 0 fully saturated rings. The summed E-state index contributed by atoms with van der Waals surface area (Å²) in [5.41, 5.74) is 3.05. The van der Waals surface area contributed by atoms with Gasteiger partial charge >= 0.3 is 0 Å². The van der Waals surface area contributed by atoms with Gasteiger partial charge in [0.2, 0.25) is 10.0 Å². The predicted molar refractivity (Wildman–Crippen MR) is 114 cm³/mol. The van der Waals surface area contributed by atoms with Crippen LogP contribution in [0.5, 0.6) is 5.75 Å². The van der Waals surface area contributed by atoms with Crippen molar-refractivity contribution in [1.82, 2.24) is 14.1 Å². The van der Waals surface area contributed by atoms with Gasteiger partial charge in [0, 0.05) is 28.8 Å². The fourth-order valence-electron chi connectivity index (χ4n) is 3.53. The Morgan fingerprint density at radius 1 is 1.13 bits per heavy atom. The SMILES string of the molecule is COc1ccc(-n2nc3c(c2-c2ccc(Cl)cc2)CN(S(=O)(=O)C(C)C)C3)c(F)c1. The van der Waals surface area contributed by atoms with E-state index in [-0.39, 0.29) is 18.8 Å². The lowest BCUT2D eigenvalue weighted by molar-refractivity contribution is 0.410. The van der Waals surface area contributed by atoms with Gasteiger partial charge in [0.25, 0.3) is 0 Å². The average molecular weight is 450 g/mol. The van der Waals surface area contributed by atoms with Gasteiger partial charge < -0.3 is 4.74 Å². The molecule has 9 heteroatoms. The Morgan fingerprint density at radius 2 is 1.83 bits per heavy atom. The lowest BCUT2D eigenvalue weighted by Crippen LogP contribution is -2.32. The molecule has 3 aromatic rings. The summed E-state index contributed by atoms with van der Waals surface area (Å²) < 4.78 is 48.2. The first-order chi connectivity index (χ1) is 14.2. The molecule has 0 radical (unpaired) electrons. The van der Waals surface area contributed by atoms with Crippen LogP contribution in [0.1, 0.15) is 25.1 Å². The third-order valence-corrected chi connectivity index (χ3v) is 7.60.